The Hall–Kier alpha value is -0.780. The van der Waals surface area contributed by atoms with Crippen LogP contribution in [0.15, 0.2) is 12.2 Å². The highest BCUT2D eigenvalue weighted by Gasteiger charge is 2.16. The highest BCUT2D eigenvalue weighted by Crippen LogP contribution is 2.21. The van der Waals surface area contributed by atoms with Gasteiger partial charge in [0.2, 0.25) is 0 Å². The standard InChI is InChI=1S/C12H19NO/c1-13(2)10-6-9-12(14)11-7-4-3-5-8-11/h3-4,11-12,14H,5,7-8,10H2,1-2H3/t11-,12+/m1/s1. The minimum Gasteiger partial charge on any atom is -0.380 e. The summed E-state index contributed by atoms with van der Waals surface area (Å²) in [5, 5.41) is 9.76. The van der Waals surface area contributed by atoms with Crippen molar-refractivity contribution in [3.63, 3.8) is 0 Å². The van der Waals surface area contributed by atoms with Crippen molar-refractivity contribution in [2.75, 3.05) is 20.6 Å². The molecule has 78 valence electrons. The lowest BCUT2D eigenvalue weighted by Crippen LogP contribution is -2.20. The molecule has 0 aliphatic heterocycles. The fourth-order valence-corrected chi connectivity index (χ4v) is 1.53. The van der Waals surface area contributed by atoms with Crippen molar-refractivity contribution in [3.8, 4) is 11.8 Å². The number of allylic oxidation sites excluding steroid dienone is 2. The van der Waals surface area contributed by atoms with E-state index in [2.05, 4.69) is 24.0 Å². The number of hydrogen-bond donors (Lipinski definition) is 1. The summed E-state index contributed by atoms with van der Waals surface area (Å²) >= 11 is 0. The van der Waals surface area contributed by atoms with Gasteiger partial charge in [-0.05, 0) is 39.3 Å². The summed E-state index contributed by atoms with van der Waals surface area (Å²) in [6, 6.07) is 0. The van der Waals surface area contributed by atoms with E-state index in [0.717, 1.165) is 25.8 Å². The van der Waals surface area contributed by atoms with Crippen LogP contribution in [-0.2, 0) is 0 Å². The monoisotopic (exact) mass is 193 g/mol. The van der Waals surface area contributed by atoms with Crippen molar-refractivity contribution in [2.24, 2.45) is 5.92 Å². The van der Waals surface area contributed by atoms with Crippen molar-refractivity contribution in [3.05, 3.63) is 12.2 Å². The predicted octanol–water partition coefficient (Wildman–Crippen LogP) is 1.27. The molecular weight excluding hydrogens is 174 g/mol. The van der Waals surface area contributed by atoms with Crippen molar-refractivity contribution >= 4 is 0 Å². The second-order valence-electron chi connectivity index (χ2n) is 4.05. The van der Waals surface area contributed by atoms with Crippen LogP contribution in [0.2, 0.25) is 0 Å². The van der Waals surface area contributed by atoms with E-state index in [0.29, 0.717) is 5.92 Å². The Balaban J connectivity index is 2.35. The van der Waals surface area contributed by atoms with Crippen LogP contribution in [-0.4, -0.2) is 36.8 Å². The van der Waals surface area contributed by atoms with Gasteiger partial charge in [0.05, 0.1) is 6.54 Å². The molecule has 0 saturated heterocycles. The normalized spacial score (nSPS) is 23.0. The summed E-state index contributed by atoms with van der Waals surface area (Å²) in [5.74, 6) is 6.24. The third kappa shape index (κ3) is 3.95. The topological polar surface area (TPSA) is 23.5 Å². The van der Waals surface area contributed by atoms with E-state index < -0.39 is 6.10 Å². The Bertz CT molecular complexity index is 247. The molecule has 0 radical (unpaired) electrons. The van der Waals surface area contributed by atoms with Crippen LogP contribution in [0.5, 0.6) is 0 Å². The Morgan fingerprint density at radius 3 is 2.86 bits per heavy atom. The van der Waals surface area contributed by atoms with Crippen LogP contribution in [0.4, 0.5) is 0 Å². The Kier molecular flexibility index (Phi) is 4.72. The summed E-state index contributed by atoms with van der Waals surface area (Å²) in [6.07, 6.45) is 6.99. The highest BCUT2D eigenvalue weighted by molar-refractivity contribution is 5.09. The van der Waals surface area contributed by atoms with Gasteiger partial charge in [-0.2, -0.15) is 0 Å². The molecule has 0 bridgehead atoms. The van der Waals surface area contributed by atoms with Crippen LogP contribution in [0.3, 0.4) is 0 Å². The lowest BCUT2D eigenvalue weighted by molar-refractivity contribution is 0.154. The maximum absolute atomic E-state index is 9.76. The lowest BCUT2D eigenvalue weighted by atomic mass is 9.90. The van der Waals surface area contributed by atoms with E-state index in [1.54, 1.807) is 0 Å². The van der Waals surface area contributed by atoms with E-state index in [1.807, 2.05) is 19.0 Å². The zero-order valence-electron chi connectivity index (χ0n) is 9.03. The van der Waals surface area contributed by atoms with Gasteiger partial charge in [-0.15, -0.1) is 0 Å². The summed E-state index contributed by atoms with van der Waals surface area (Å²) in [5.41, 5.74) is 0. The Labute approximate surface area is 86.6 Å². The fraction of sp³-hybridized carbons (Fsp3) is 0.667. The molecule has 1 aliphatic rings. The van der Waals surface area contributed by atoms with Crippen molar-refractivity contribution in [1.29, 1.82) is 0 Å². The molecule has 2 atom stereocenters. The van der Waals surface area contributed by atoms with Crippen LogP contribution < -0.4 is 0 Å². The minimum atomic E-state index is -0.445. The van der Waals surface area contributed by atoms with E-state index >= 15 is 0 Å². The number of hydrogen-bond acceptors (Lipinski definition) is 2. The first kappa shape index (κ1) is 11.3. The molecule has 0 aromatic heterocycles. The van der Waals surface area contributed by atoms with Gasteiger partial charge in [0.15, 0.2) is 0 Å². The lowest BCUT2D eigenvalue weighted by Gasteiger charge is -2.19. The molecule has 2 nitrogen and oxygen atoms in total. The molecule has 2 heteroatoms. The maximum Gasteiger partial charge on any atom is 0.117 e. The molecule has 0 spiro atoms. The van der Waals surface area contributed by atoms with Gasteiger partial charge in [0, 0.05) is 0 Å². The van der Waals surface area contributed by atoms with Crippen LogP contribution in [0.25, 0.3) is 0 Å². The molecule has 0 aromatic rings. The van der Waals surface area contributed by atoms with Gasteiger partial charge >= 0.3 is 0 Å². The third-order valence-corrected chi connectivity index (χ3v) is 2.40. The molecular formula is C12H19NO. The van der Waals surface area contributed by atoms with E-state index in [-0.39, 0.29) is 0 Å². The smallest absolute Gasteiger partial charge is 0.117 e. The zero-order valence-corrected chi connectivity index (χ0v) is 9.03. The molecule has 0 heterocycles. The molecule has 14 heavy (non-hydrogen) atoms. The highest BCUT2D eigenvalue weighted by atomic mass is 16.3. The first-order valence-corrected chi connectivity index (χ1v) is 5.16. The molecule has 1 aliphatic carbocycles. The quantitative estimate of drug-likeness (QED) is 0.527. The predicted molar refractivity (Wildman–Crippen MR) is 58.8 cm³/mol. The zero-order chi connectivity index (χ0) is 10.4. The van der Waals surface area contributed by atoms with Crippen LogP contribution in [0, 0.1) is 17.8 Å². The third-order valence-electron chi connectivity index (χ3n) is 2.40. The number of rotatable bonds is 2. The number of nitrogens with zero attached hydrogens (tertiary/aromatic N) is 1. The molecule has 0 unspecified atom stereocenters. The minimum absolute atomic E-state index is 0.342. The van der Waals surface area contributed by atoms with Crippen molar-refractivity contribution in [1.82, 2.24) is 4.90 Å². The summed E-state index contributed by atoms with van der Waals surface area (Å²) in [6.45, 7) is 0.722. The average molecular weight is 193 g/mol. The van der Waals surface area contributed by atoms with Gasteiger partial charge in [-0.3, -0.25) is 4.90 Å². The van der Waals surface area contributed by atoms with Gasteiger partial charge in [0.1, 0.15) is 6.10 Å². The molecule has 0 amide bonds. The summed E-state index contributed by atoms with van der Waals surface area (Å²) in [4.78, 5) is 2.00. The van der Waals surface area contributed by atoms with E-state index in [4.69, 9.17) is 0 Å². The van der Waals surface area contributed by atoms with E-state index in [9.17, 15) is 5.11 Å². The van der Waals surface area contributed by atoms with Crippen molar-refractivity contribution < 1.29 is 5.11 Å². The molecule has 1 rings (SSSR count). The molecule has 0 fully saturated rings. The van der Waals surface area contributed by atoms with Gasteiger partial charge < -0.3 is 5.11 Å². The average Bonchev–Trinajstić information content (AvgIpc) is 2.18. The summed E-state index contributed by atoms with van der Waals surface area (Å²) < 4.78 is 0. The first-order chi connectivity index (χ1) is 6.70. The number of aliphatic hydroxyl groups excluding tert-OH is 1. The second-order valence-corrected chi connectivity index (χ2v) is 4.05. The van der Waals surface area contributed by atoms with Gasteiger partial charge in [-0.25, -0.2) is 0 Å². The van der Waals surface area contributed by atoms with Crippen LogP contribution >= 0.6 is 0 Å². The molecule has 1 N–H and O–H groups in total. The Morgan fingerprint density at radius 2 is 2.29 bits per heavy atom. The van der Waals surface area contributed by atoms with Crippen molar-refractivity contribution in [2.45, 2.75) is 25.4 Å². The fourth-order valence-electron chi connectivity index (χ4n) is 1.53. The molecule has 0 aromatic carbocycles. The SMILES string of the molecule is CN(C)CC#C[C@H](O)[C@@H]1CC=CCC1. The van der Waals surface area contributed by atoms with Gasteiger partial charge in [-0.1, -0.05) is 24.0 Å². The molecule has 0 saturated carbocycles. The van der Waals surface area contributed by atoms with Gasteiger partial charge in [0.25, 0.3) is 0 Å². The Morgan fingerprint density at radius 1 is 1.50 bits per heavy atom. The second kappa shape index (κ2) is 5.85. The largest absolute Gasteiger partial charge is 0.380 e. The number of aliphatic hydroxyl groups is 1. The van der Waals surface area contributed by atoms with E-state index in [1.165, 1.54) is 0 Å². The first-order valence-electron chi connectivity index (χ1n) is 5.16. The summed E-state index contributed by atoms with van der Waals surface area (Å²) in [7, 11) is 3.95. The maximum atomic E-state index is 9.76. The van der Waals surface area contributed by atoms with Crippen LogP contribution in [0.1, 0.15) is 19.3 Å².